The fourth-order valence-electron chi connectivity index (χ4n) is 4.38. The fraction of sp³-hybridized carbons (Fsp3) is 0.682. The van der Waals surface area contributed by atoms with E-state index in [0.29, 0.717) is 18.3 Å². The average Bonchev–Trinajstić information content (AvgIpc) is 2.73. The number of hydrogen-bond acceptors (Lipinski definition) is 4. The van der Waals surface area contributed by atoms with E-state index in [4.69, 9.17) is 4.74 Å². The Balaban J connectivity index is 0.00000300. The molecule has 1 aromatic carbocycles. The summed E-state index contributed by atoms with van der Waals surface area (Å²) in [6.07, 6.45) is 7.99. The van der Waals surface area contributed by atoms with Gasteiger partial charge in [-0.25, -0.2) is 0 Å². The number of phenols is 1. The van der Waals surface area contributed by atoms with Crippen LogP contribution < -0.4 is 10.6 Å². The van der Waals surface area contributed by atoms with Gasteiger partial charge in [-0.05, 0) is 62.1 Å². The van der Waals surface area contributed by atoms with E-state index in [1.54, 1.807) is 7.11 Å². The van der Waals surface area contributed by atoms with Crippen molar-refractivity contribution in [1.29, 1.82) is 0 Å². The molecule has 0 saturated carbocycles. The molecular formula is C22H37IN4O2. The van der Waals surface area contributed by atoms with Gasteiger partial charge >= 0.3 is 0 Å². The molecule has 0 unspecified atom stereocenters. The molecule has 29 heavy (non-hydrogen) atoms. The predicted molar refractivity (Wildman–Crippen MR) is 129 cm³/mol. The molecule has 3 N–H and O–H groups in total. The zero-order valence-electron chi connectivity index (χ0n) is 17.9. The van der Waals surface area contributed by atoms with E-state index in [1.807, 2.05) is 13.1 Å². The molecule has 0 amide bonds. The first-order chi connectivity index (χ1) is 13.7. The molecule has 0 aromatic heterocycles. The smallest absolute Gasteiger partial charge is 0.191 e. The van der Waals surface area contributed by atoms with Crippen LogP contribution in [0.1, 0.15) is 48.8 Å². The highest BCUT2D eigenvalue weighted by atomic mass is 127. The molecule has 0 atom stereocenters. The summed E-state index contributed by atoms with van der Waals surface area (Å²) in [6, 6.07) is 4.38. The van der Waals surface area contributed by atoms with Gasteiger partial charge in [0.25, 0.3) is 0 Å². The second-order valence-electron chi connectivity index (χ2n) is 7.94. The number of nitrogens with one attached hydrogen (secondary N) is 2. The van der Waals surface area contributed by atoms with E-state index in [1.165, 1.54) is 24.0 Å². The monoisotopic (exact) mass is 516 g/mol. The van der Waals surface area contributed by atoms with Crippen molar-refractivity contribution in [2.24, 2.45) is 4.99 Å². The van der Waals surface area contributed by atoms with Crippen LogP contribution in [0, 0.1) is 0 Å². The molecule has 2 aliphatic rings. The van der Waals surface area contributed by atoms with Crippen LogP contribution in [-0.2, 0) is 24.1 Å². The number of benzene rings is 1. The molecule has 164 valence electrons. The molecule has 0 radical (unpaired) electrons. The lowest BCUT2D eigenvalue weighted by Crippen LogP contribution is -2.48. The molecule has 1 aromatic rings. The van der Waals surface area contributed by atoms with Crippen molar-refractivity contribution in [3.8, 4) is 5.75 Å². The van der Waals surface area contributed by atoms with Crippen molar-refractivity contribution in [1.82, 2.24) is 15.5 Å². The standard InChI is InChI=1S/C22H36N4O2.HI/c1-23-22(25-18-10-13-26(14-11-18)12-5-15-28-2)24-16-20-19-7-4-3-6-17(19)8-9-21(20)27;/h8-9,18,27H,3-7,10-16H2,1-2H3,(H2,23,24,25);1H. The quantitative estimate of drug-likeness (QED) is 0.225. The van der Waals surface area contributed by atoms with Crippen LogP contribution in [-0.4, -0.2) is 62.4 Å². The Kier molecular flexibility index (Phi) is 10.5. The van der Waals surface area contributed by atoms with Crippen molar-refractivity contribution >= 4 is 29.9 Å². The first-order valence-corrected chi connectivity index (χ1v) is 10.7. The number of ether oxygens (including phenoxy) is 1. The Morgan fingerprint density at radius 3 is 2.72 bits per heavy atom. The van der Waals surface area contributed by atoms with Gasteiger partial charge in [-0.1, -0.05) is 6.07 Å². The van der Waals surface area contributed by atoms with Crippen LogP contribution in [0.3, 0.4) is 0 Å². The molecule has 7 heteroatoms. The number of rotatable bonds is 7. The van der Waals surface area contributed by atoms with E-state index in [2.05, 4.69) is 26.6 Å². The predicted octanol–water partition coefficient (Wildman–Crippen LogP) is 3.05. The van der Waals surface area contributed by atoms with Crippen LogP contribution >= 0.6 is 24.0 Å². The lowest BCUT2D eigenvalue weighted by atomic mass is 9.88. The summed E-state index contributed by atoms with van der Waals surface area (Å²) < 4.78 is 5.15. The van der Waals surface area contributed by atoms with Gasteiger partial charge in [0.1, 0.15) is 5.75 Å². The molecule has 0 spiro atoms. The number of hydrogen-bond donors (Lipinski definition) is 3. The van der Waals surface area contributed by atoms with Gasteiger partial charge in [0, 0.05) is 58.5 Å². The van der Waals surface area contributed by atoms with E-state index in [-0.39, 0.29) is 24.0 Å². The van der Waals surface area contributed by atoms with E-state index < -0.39 is 0 Å². The molecular weight excluding hydrogens is 479 g/mol. The number of aliphatic imine (C=N–C) groups is 1. The lowest BCUT2D eigenvalue weighted by Gasteiger charge is -2.33. The number of halogens is 1. The lowest BCUT2D eigenvalue weighted by molar-refractivity contribution is 0.155. The van der Waals surface area contributed by atoms with Crippen molar-refractivity contribution in [3.05, 3.63) is 28.8 Å². The van der Waals surface area contributed by atoms with Gasteiger partial charge in [-0.3, -0.25) is 4.99 Å². The Morgan fingerprint density at radius 2 is 2.00 bits per heavy atom. The Hall–Kier alpha value is -1.06. The van der Waals surface area contributed by atoms with Gasteiger partial charge in [0.05, 0.1) is 0 Å². The Bertz CT molecular complexity index is 660. The third-order valence-electron chi connectivity index (χ3n) is 6.03. The summed E-state index contributed by atoms with van der Waals surface area (Å²) >= 11 is 0. The highest BCUT2D eigenvalue weighted by molar-refractivity contribution is 14.0. The van der Waals surface area contributed by atoms with Crippen LogP contribution in [0.15, 0.2) is 17.1 Å². The average molecular weight is 516 g/mol. The SMILES string of the molecule is CN=C(NCc1c(O)ccc2c1CCCC2)NC1CCN(CCCOC)CC1.I. The van der Waals surface area contributed by atoms with Gasteiger partial charge in [0.15, 0.2) is 5.96 Å². The highest BCUT2D eigenvalue weighted by Crippen LogP contribution is 2.30. The number of aromatic hydroxyl groups is 1. The third-order valence-corrected chi connectivity index (χ3v) is 6.03. The van der Waals surface area contributed by atoms with Gasteiger partial charge in [-0.15, -0.1) is 24.0 Å². The molecule has 3 rings (SSSR count). The molecule has 1 aliphatic carbocycles. The number of nitrogens with zero attached hydrogens (tertiary/aromatic N) is 2. The summed E-state index contributed by atoms with van der Waals surface area (Å²) in [6.45, 7) is 4.80. The minimum absolute atomic E-state index is 0. The summed E-state index contributed by atoms with van der Waals surface area (Å²) in [5, 5.41) is 17.4. The topological polar surface area (TPSA) is 69.1 Å². The number of methoxy groups -OCH3 is 1. The number of likely N-dealkylation sites (tertiary alicyclic amines) is 1. The largest absolute Gasteiger partial charge is 0.508 e. The molecule has 1 saturated heterocycles. The van der Waals surface area contributed by atoms with Crippen LogP contribution in [0.25, 0.3) is 0 Å². The minimum atomic E-state index is 0. The first-order valence-electron chi connectivity index (χ1n) is 10.7. The van der Waals surface area contributed by atoms with E-state index in [0.717, 1.165) is 69.9 Å². The number of fused-ring (bicyclic) bond motifs is 1. The number of piperidine rings is 1. The maximum atomic E-state index is 10.4. The van der Waals surface area contributed by atoms with Crippen molar-refractivity contribution in [2.75, 3.05) is 40.4 Å². The summed E-state index contributed by atoms with van der Waals surface area (Å²) in [5.74, 6) is 1.22. The van der Waals surface area contributed by atoms with E-state index in [9.17, 15) is 5.11 Å². The highest BCUT2D eigenvalue weighted by Gasteiger charge is 2.20. The zero-order chi connectivity index (χ0) is 19.8. The number of guanidine groups is 1. The molecule has 1 aliphatic heterocycles. The van der Waals surface area contributed by atoms with Gasteiger partial charge < -0.3 is 25.4 Å². The maximum Gasteiger partial charge on any atom is 0.191 e. The summed E-state index contributed by atoms with van der Waals surface area (Å²) in [5.41, 5.74) is 3.76. The molecule has 1 heterocycles. The summed E-state index contributed by atoms with van der Waals surface area (Å²) in [7, 11) is 3.58. The second-order valence-corrected chi connectivity index (χ2v) is 7.94. The van der Waals surface area contributed by atoms with Gasteiger partial charge in [0.2, 0.25) is 0 Å². The first kappa shape index (κ1) is 24.2. The molecule has 0 bridgehead atoms. The second kappa shape index (κ2) is 12.6. The van der Waals surface area contributed by atoms with Crippen LogP contribution in [0.5, 0.6) is 5.75 Å². The Morgan fingerprint density at radius 1 is 1.24 bits per heavy atom. The zero-order valence-corrected chi connectivity index (χ0v) is 20.2. The Labute approximate surface area is 192 Å². The fourth-order valence-corrected chi connectivity index (χ4v) is 4.38. The van der Waals surface area contributed by atoms with Crippen LogP contribution in [0.4, 0.5) is 0 Å². The van der Waals surface area contributed by atoms with Crippen molar-refractivity contribution < 1.29 is 9.84 Å². The number of phenolic OH excluding ortho intramolecular Hbond substituents is 1. The van der Waals surface area contributed by atoms with Gasteiger partial charge in [-0.2, -0.15) is 0 Å². The van der Waals surface area contributed by atoms with Crippen LogP contribution in [0.2, 0.25) is 0 Å². The third kappa shape index (κ3) is 7.00. The minimum Gasteiger partial charge on any atom is -0.508 e. The van der Waals surface area contributed by atoms with E-state index >= 15 is 0 Å². The molecule has 1 fully saturated rings. The van der Waals surface area contributed by atoms with Crippen molar-refractivity contribution in [2.45, 2.75) is 57.5 Å². The number of aryl methyl sites for hydroxylation is 1. The maximum absolute atomic E-state index is 10.4. The summed E-state index contributed by atoms with van der Waals surface area (Å²) in [4.78, 5) is 6.92. The normalized spacial score (nSPS) is 18.1. The molecule has 6 nitrogen and oxygen atoms in total. The van der Waals surface area contributed by atoms with Crippen molar-refractivity contribution in [3.63, 3.8) is 0 Å².